The van der Waals surface area contributed by atoms with Gasteiger partial charge in [-0.15, -0.1) is 0 Å². The van der Waals surface area contributed by atoms with Crippen molar-refractivity contribution in [2.45, 2.75) is 25.7 Å². The average molecular weight is 325 g/mol. The molecule has 2 aliphatic rings. The van der Waals surface area contributed by atoms with Crippen LogP contribution in [0.25, 0.3) is 0 Å². The first-order chi connectivity index (χ1) is 10.7. The van der Waals surface area contributed by atoms with Crippen LogP contribution in [0.15, 0.2) is 12.1 Å². The molecule has 0 atom stereocenters. The highest BCUT2D eigenvalue weighted by molar-refractivity contribution is 6.33. The summed E-state index contributed by atoms with van der Waals surface area (Å²) in [6.45, 7) is 3.22. The van der Waals surface area contributed by atoms with E-state index in [1.165, 1.54) is 6.42 Å². The minimum Gasteiger partial charge on any atom is -0.490 e. The van der Waals surface area contributed by atoms with Gasteiger partial charge < -0.3 is 19.7 Å². The minimum atomic E-state index is 0.114. The smallest absolute Gasteiger partial charge is 0.241 e. The predicted molar refractivity (Wildman–Crippen MR) is 86.0 cm³/mol. The SMILES string of the molecule is O=C(CNc1cc2c(cc1Cl)OCCCO2)N1CCCCC1. The van der Waals surface area contributed by atoms with Crippen LogP contribution in [0.1, 0.15) is 25.7 Å². The fraction of sp³-hybridized carbons (Fsp3) is 0.562. The Morgan fingerprint density at radius 2 is 1.77 bits per heavy atom. The summed E-state index contributed by atoms with van der Waals surface area (Å²) in [5.41, 5.74) is 0.705. The lowest BCUT2D eigenvalue weighted by atomic mass is 10.1. The zero-order valence-electron chi connectivity index (χ0n) is 12.6. The Labute approximate surface area is 135 Å². The number of nitrogens with one attached hydrogen (secondary N) is 1. The van der Waals surface area contributed by atoms with Gasteiger partial charge in [0.25, 0.3) is 0 Å². The van der Waals surface area contributed by atoms with Gasteiger partial charge in [-0.3, -0.25) is 4.79 Å². The molecule has 22 heavy (non-hydrogen) atoms. The molecule has 1 aromatic carbocycles. The molecule has 0 spiro atoms. The predicted octanol–water partition coefficient (Wildman–Crippen LogP) is 2.93. The zero-order valence-corrected chi connectivity index (χ0v) is 13.3. The van der Waals surface area contributed by atoms with Crippen molar-refractivity contribution in [1.82, 2.24) is 4.90 Å². The number of piperidine rings is 1. The molecule has 120 valence electrons. The first-order valence-corrected chi connectivity index (χ1v) is 8.22. The lowest BCUT2D eigenvalue weighted by molar-refractivity contribution is -0.130. The maximum Gasteiger partial charge on any atom is 0.241 e. The second kappa shape index (κ2) is 7.09. The molecule has 0 bridgehead atoms. The van der Waals surface area contributed by atoms with E-state index in [1.54, 1.807) is 6.07 Å². The van der Waals surface area contributed by atoms with Crippen LogP contribution in [0, 0.1) is 0 Å². The zero-order chi connectivity index (χ0) is 15.4. The maximum atomic E-state index is 12.2. The van der Waals surface area contributed by atoms with Crippen molar-refractivity contribution < 1.29 is 14.3 Å². The summed E-state index contributed by atoms with van der Waals surface area (Å²) in [5.74, 6) is 1.45. The number of halogens is 1. The van der Waals surface area contributed by atoms with Gasteiger partial charge >= 0.3 is 0 Å². The van der Waals surface area contributed by atoms with Crippen molar-refractivity contribution in [3.63, 3.8) is 0 Å². The normalized spacial score (nSPS) is 17.8. The van der Waals surface area contributed by atoms with Gasteiger partial charge in [0.05, 0.1) is 30.5 Å². The summed E-state index contributed by atoms with van der Waals surface area (Å²) in [6, 6.07) is 3.56. The second-order valence-corrected chi connectivity index (χ2v) is 6.03. The third-order valence-electron chi connectivity index (χ3n) is 3.98. The summed E-state index contributed by atoms with van der Waals surface area (Å²) < 4.78 is 11.2. The van der Waals surface area contributed by atoms with Crippen molar-refractivity contribution in [2.75, 3.05) is 38.2 Å². The first-order valence-electron chi connectivity index (χ1n) is 7.85. The van der Waals surface area contributed by atoms with Crippen LogP contribution >= 0.6 is 11.6 Å². The molecule has 1 saturated heterocycles. The fourth-order valence-corrected chi connectivity index (χ4v) is 2.97. The maximum absolute atomic E-state index is 12.2. The van der Waals surface area contributed by atoms with Crippen molar-refractivity contribution in [3.8, 4) is 11.5 Å². The second-order valence-electron chi connectivity index (χ2n) is 5.62. The number of hydrogen-bond donors (Lipinski definition) is 1. The summed E-state index contributed by atoms with van der Waals surface area (Å²) in [6.07, 6.45) is 4.25. The highest BCUT2D eigenvalue weighted by Gasteiger charge is 2.18. The Morgan fingerprint density at radius 3 is 2.50 bits per heavy atom. The molecule has 6 heteroatoms. The Morgan fingerprint density at radius 1 is 1.09 bits per heavy atom. The minimum absolute atomic E-state index is 0.114. The molecular formula is C16H21ClN2O3. The van der Waals surface area contributed by atoms with Gasteiger partial charge in [0.2, 0.25) is 5.91 Å². The van der Waals surface area contributed by atoms with E-state index in [0.29, 0.717) is 35.4 Å². The number of ether oxygens (including phenoxy) is 2. The van der Waals surface area contributed by atoms with Crippen LogP contribution in [0.5, 0.6) is 11.5 Å². The summed E-state index contributed by atoms with van der Waals surface area (Å²) >= 11 is 6.26. The fourth-order valence-electron chi connectivity index (χ4n) is 2.75. The Bertz CT molecular complexity index is 544. The number of fused-ring (bicyclic) bond motifs is 1. The van der Waals surface area contributed by atoms with E-state index < -0.39 is 0 Å². The molecule has 0 aromatic heterocycles. The molecule has 0 aliphatic carbocycles. The molecule has 1 N–H and O–H groups in total. The number of rotatable bonds is 3. The van der Waals surface area contributed by atoms with Gasteiger partial charge in [-0.1, -0.05) is 11.6 Å². The number of anilines is 1. The van der Waals surface area contributed by atoms with E-state index in [2.05, 4.69) is 5.32 Å². The van der Waals surface area contributed by atoms with Crippen LogP contribution in [0.2, 0.25) is 5.02 Å². The third kappa shape index (κ3) is 3.58. The van der Waals surface area contributed by atoms with Crippen LogP contribution in [-0.4, -0.2) is 43.7 Å². The Balaban J connectivity index is 1.64. The lowest BCUT2D eigenvalue weighted by Crippen LogP contribution is -2.39. The number of hydrogen-bond acceptors (Lipinski definition) is 4. The van der Waals surface area contributed by atoms with E-state index in [4.69, 9.17) is 21.1 Å². The van der Waals surface area contributed by atoms with E-state index in [-0.39, 0.29) is 12.5 Å². The number of nitrogens with zero attached hydrogens (tertiary/aromatic N) is 1. The molecule has 1 aromatic rings. The summed E-state index contributed by atoms with van der Waals surface area (Å²) in [7, 11) is 0. The van der Waals surface area contributed by atoms with Crippen molar-refractivity contribution >= 4 is 23.2 Å². The highest BCUT2D eigenvalue weighted by atomic mass is 35.5. The van der Waals surface area contributed by atoms with Crippen molar-refractivity contribution in [1.29, 1.82) is 0 Å². The van der Waals surface area contributed by atoms with E-state index in [0.717, 1.165) is 32.4 Å². The number of carbonyl (C=O) groups excluding carboxylic acids is 1. The van der Waals surface area contributed by atoms with Gasteiger partial charge in [-0.05, 0) is 19.3 Å². The largest absolute Gasteiger partial charge is 0.490 e. The highest BCUT2D eigenvalue weighted by Crippen LogP contribution is 2.37. The molecule has 3 rings (SSSR count). The summed E-state index contributed by atoms with van der Waals surface area (Å²) in [5, 5.41) is 3.66. The van der Waals surface area contributed by atoms with Crippen LogP contribution in [0.4, 0.5) is 5.69 Å². The van der Waals surface area contributed by atoms with E-state index >= 15 is 0 Å². The Hall–Kier alpha value is -1.62. The molecule has 1 fully saturated rings. The molecule has 1 amide bonds. The molecule has 2 aliphatic heterocycles. The number of carbonyl (C=O) groups is 1. The molecule has 2 heterocycles. The Kier molecular flexibility index (Phi) is 4.93. The quantitative estimate of drug-likeness (QED) is 0.928. The topological polar surface area (TPSA) is 50.8 Å². The number of amides is 1. The summed E-state index contributed by atoms with van der Waals surface area (Å²) in [4.78, 5) is 14.1. The van der Waals surface area contributed by atoms with Gasteiger partial charge in [0, 0.05) is 31.6 Å². The van der Waals surface area contributed by atoms with Gasteiger partial charge in [-0.25, -0.2) is 0 Å². The molecule has 0 unspecified atom stereocenters. The van der Waals surface area contributed by atoms with Crippen LogP contribution < -0.4 is 14.8 Å². The van der Waals surface area contributed by atoms with E-state index in [9.17, 15) is 4.79 Å². The van der Waals surface area contributed by atoms with Gasteiger partial charge in [0.15, 0.2) is 11.5 Å². The van der Waals surface area contributed by atoms with Crippen LogP contribution in [-0.2, 0) is 4.79 Å². The number of likely N-dealkylation sites (tertiary alicyclic amines) is 1. The van der Waals surface area contributed by atoms with Crippen molar-refractivity contribution in [2.24, 2.45) is 0 Å². The number of benzene rings is 1. The average Bonchev–Trinajstić information content (AvgIpc) is 2.78. The van der Waals surface area contributed by atoms with Crippen molar-refractivity contribution in [3.05, 3.63) is 17.2 Å². The van der Waals surface area contributed by atoms with E-state index in [1.807, 2.05) is 11.0 Å². The molecule has 0 radical (unpaired) electrons. The lowest BCUT2D eigenvalue weighted by Gasteiger charge is -2.27. The van der Waals surface area contributed by atoms with Crippen LogP contribution in [0.3, 0.4) is 0 Å². The van der Waals surface area contributed by atoms with Gasteiger partial charge in [-0.2, -0.15) is 0 Å². The monoisotopic (exact) mass is 324 g/mol. The third-order valence-corrected chi connectivity index (χ3v) is 4.29. The van der Waals surface area contributed by atoms with Gasteiger partial charge in [0.1, 0.15) is 0 Å². The first kappa shape index (κ1) is 15.3. The molecule has 0 saturated carbocycles. The standard InChI is InChI=1S/C16H21ClN2O3/c17-12-9-14-15(22-8-4-7-21-14)10-13(12)18-11-16(20)19-5-2-1-3-6-19/h9-10,18H,1-8,11H2. The molecule has 5 nitrogen and oxygen atoms in total. The molecular weight excluding hydrogens is 304 g/mol.